The summed E-state index contributed by atoms with van der Waals surface area (Å²) < 4.78 is 10.7. The Labute approximate surface area is 199 Å². The summed E-state index contributed by atoms with van der Waals surface area (Å²) in [6.07, 6.45) is 4.51. The van der Waals surface area contributed by atoms with Crippen LogP contribution in [0, 0.1) is 0 Å². The molecule has 1 aromatic heterocycles. The summed E-state index contributed by atoms with van der Waals surface area (Å²) in [6.45, 7) is 1.20. The molecule has 0 radical (unpaired) electrons. The minimum Gasteiger partial charge on any atom is -0.497 e. The predicted octanol–water partition coefficient (Wildman–Crippen LogP) is 2.71. The zero-order chi connectivity index (χ0) is 23.9. The number of imidazole rings is 1. The number of nitrogens with one attached hydrogen (secondary N) is 2. The molecule has 2 N–H and O–H groups in total. The van der Waals surface area contributed by atoms with Crippen molar-refractivity contribution in [1.82, 2.24) is 20.2 Å². The van der Waals surface area contributed by atoms with Gasteiger partial charge in [-0.05, 0) is 30.2 Å². The van der Waals surface area contributed by atoms with E-state index in [1.807, 2.05) is 48.5 Å². The monoisotopic (exact) mass is 462 g/mol. The van der Waals surface area contributed by atoms with Crippen LogP contribution in [0.5, 0.6) is 11.5 Å². The quantitative estimate of drug-likeness (QED) is 0.483. The predicted molar refractivity (Wildman–Crippen MR) is 128 cm³/mol. The number of hydrogen-bond donors (Lipinski definition) is 2. The Hall–Kier alpha value is -3.81. The number of hydrogen-bond acceptors (Lipinski definition) is 5. The van der Waals surface area contributed by atoms with Gasteiger partial charge in [0.25, 0.3) is 0 Å². The van der Waals surface area contributed by atoms with Crippen LogP contribution in [-0.2, 0) is 22.4 Å². The largest absolute Gasteiger partial charge is 0.497 e. The molecule has 1 aliphatic heterocycles. The number of aromatic amines is 1. The molecular formula is C26H30N4O4. The van der Waals surface area contributed by atoms with Crippen molar-refractivity contribution in [3.05, 3.63) is 77.9 Å². The molecule has 0 bridgehead atoms. The maximum atomic E-state index is 13.4. The number of rotatable bonds is 10. The lowest BCUT2D eigenvalue weighted by Gasteiger charge is -2.41. The lowest BCUT2D eigenvalue weighted by atomic mass is 9.89. The fraction of sp³-hybridized carbons (Fsp3) is 0.346. The standard InChI is InChI=1S/C26H30N4O4/c1-33-21-10-7-18(8-11-21)13-23(29-25(31)12-9-20-14-27-17-28-20)26(32)30-15-19(16-30)22-5-3-4-6-24(22)34-2/h3-8,10-11,14,17,19,23H,9,12-13,15-16H2,1-2H3,(H,27,28)(H,29,31). The number of methoxy groups -OCH3 is 2. The number of carbonyl (C=O) groups is 2. The highest BCUT2D eigenvalue weighted by Crippen LogP contribution is 2.33. The van der Waals surface area contributed by atoms with E-state index >= 15 is 0 Å². The van der Waals surface area contributed by atoms with Crippen LogP contribution >= 0.6 is 0 Å². The van der Waals surface area contributed by atoms with Crippen molar-refractivity contribution >= 4 is 11.8 Å². The van der Waals surface area contributed by atoms with Gasteiger partial charge in [0.2, 0.25) is 11.8 Å². The first kappa shape index (κ1) is 23.4. The van der Waals surface area contributed by atoms with E-state index in [2.05, 4.69) is 15.3 Å². The Balaban J connectivity index is 1.42. The Morgan fingerprint density at radius 1 is 1.12 bits per heavy atom. The van der Waals surface area contributed by atoms with Gasteiger partial charge in [-0.25, -0.2) is 4.98 Å². The lowest BCUT2D eigenvalue weighted by Crippen LogP contribution is -2.56. The first-order valence-electron chi connectivity index (χ1n) is 11.4. The van der Waals surface area contributed by atoms with E-state index in [0.29, 0.717) is 25.9 Å². The van der Waals surface area contributed by atoms with E-state index in [-0.39, 0.29) is 24.2 Å². The van der Waals surface area contributed by atoms with E-state index < -0.39 is 6.04 Å². The summed E-state index contributed by atoms with van der Waals surface area (Å²) in [6, 6.07) is 14.8. The minimum absolute atomic E-state index is 0.0724. The van der Waals surface area contributed by atoms with Gasteiger partial charge in [0.05, 0.1) is 20.5 Å². The van der Waals surface area contributed by atoms with Crippen LogP contribution in [0.4, 0.5) is 0 Å². The van der Waals surface area contributed by atoms with Gasteiger partial charge in [0, 0.05) is 49.3 Å². The second-order valence-electron chi connectivity index (χ2n) is 8.43. The number of aryl methyl sites for hydroxylation is 1. The molecule has 8 nitrogen and oxygen atoms in total. The number of ether oxygens (including phenoxy) is 2. The second-order valence-corrected chi connectivity index (χ2v) is 8.43. The first-order valence-corrected chi connectivity index (χ1v) is 11.4. The van der Waals surface area contributed by atoms with E-state index in [1.165, 1.54) is 0 Å². The van der Waals surface area contributed by atoms with Crippen LogP contribution < -0.4 is 14.8 Å². The first-order chi connectivity index (χ1) is 16.6. The molecule has 0 aliphatic carbocycles. The Kier molecular flexibility index (Phi) is 7.47. The molecule has 1 saturated heterocycles. The number of likely N-dealkylation sites (tertiary alicyclic amines) is 1. The normalized spacial score (nSPS) is 14.2. The van der Waals surface area contributed by atoms with E-state index in [9.17, 15) is 9.59 Å². The van der Waals surface area contributed by atoms with Crippen molar-refractivity contribution in [3.63, 3.8) is 0 Å². The van der Waals surface area contributed by atoms with Gasteiger partial charge in [0.15, 0.2) is 0 Å². The third-order valence-corrected chi connectivity index (χ3v) is 6.18. The molecule has 1 atom stereocenters. The van der Waals surface area contributed by atoms with Crippen molar-refractivity contribution in [2.45, 2.75) is 31.2 Å². The fourth-order valence-electron chi connectivity index (χ4n) is 4.21. The summed E-state index contributed by atoms with van der Waals surface area (Å²) in [5, 5.41) is 2.96. The number of para-hydroxylation sites is 1. The average Bonchev–Trinajstić information content (AvgIpc) is 3.36. The summed E-state index contributed by atoms with van der Waals surface area (Å²) in [4.78, 5) is 34.9. The van der Waals surface area contributed by atoms with Gasteiger partial charge in [-0.2, -0.15) is 0 Å². The van der Waals surface area contributed by atoms with Crippen LogP contribution in [0.3, 0.4) is 0 Å². The summed E-state index contributed by atoms with van der Waals surface area (Å²) in [5.74, 6) is 1.57. The smallest absolute Gasteiger partial charge is 0.245 e. The lowest BCUT2D eigenvalue weighted by molar-refractivity contribution is -0.140. The maximum absolute atomic E-state index is 13.4. The Bertz CT molecular complexity index is 1090. The van der Waals surface area contributed by atoms with Crippen LogP contribution in [-0.4, -0.2) is 60.0 Å². The molecule has 1 aliphatic rings. The Morgan fingerprint density at radius 2 is 1.88 bits per heavy atom. The van der Waals surface area contributed by atoms with Crippen molar-refractivity contribution < 1.29 is 19.1 Å². The average molecular weight is 463 g/mol. The molecule has 1 fully saturated rings. The second kappa shape index (κ2) is 10.9. The maximum Gasteiger partial charge on any atom is 0.245 e. The number of amides is 2. The molecule has 2 amide bonds. The highest BCUT2D eigenvalue weighted by molar-refractivity contribution is 5.88. The third kappa shape index (κ3) is 5.57. The van der Waals surface area contributed by atoms with Crippen molar-refractivity contribution in [2.24, 2.45) is 0 Å². The van der Waals surface area contributed by atoms with Crippen molar-refractivity contribution in [2.75, 3.05) is 27.3 Å². The number of benzene rings is 2. The summed E-state index contributed by atoms with van der Waals surface area (Å²) >= 11 is 0. The number of H-pyrrole nitrogens is 1. The van der Waals surface area contributed by atoms with Gasteiger partial charge in [-0.1, -0.05) is 30.3 Å². The molecule has 0 saturated carbocycles. The summed E-state index contributed by atoms with van der Waals surface area (Å²) in [7, 11) is 3.27. The molecular weight excluding hydrogens is 432 g/mol. The molecule has 8 heteroatoms. The topological polar surface area (TPSA) is 96.5 Å². The van der Waals surface area contributed by atoms with Gasteiger partial charge in [0.1, 0.15) is 17.5 Å². The zero-order valence-corrected chi connectivity index (χ0v) is 19.5. The minimum atomic E-state index is -0.638. The zero-order valence-electron chi connectivity index (χ0n) is 19.5. The van der Waals surface area contributed by atoms with Crippen LogP contribution in [0.1, 0.15) is 29.2 Å². The fourth-order valence-corrected chi connectivity index (χ4v) is 4.21. The van der Waals surface area contributed by atoms with E-state index in [1.54, 1.807) is 31.6 Å². The van der Waals surface area contributed by atoms with Gasteiger partial charge in [-0.3, -0.25) is 9.59 Å². The number of nitrogens with zero attached hydrogens (tertiary/aromatic N) is 2. The number of carbonyl (C=O) groups excluding carboxylic acids is 2. The highest BCUT2D eigenvalue weighted by Gasteiger charge is 2.37. The molecule has 0 spiro atoms. The summed E-state index contributed by atoms with van der Waals surface area (Å²) in [5.41, 5.74) is 2.94. The third-order valence-electron chi connectivity index (χ3n) is 6.18. The van der Waals surface area contributed by atoms with Crippen LogP contribution in [0.15, 0.2) is 61.1 Å². The molecule has 3 aromatic rings. The van der Waals surface area contributed by atoms with Gasteiger partial charge >= 0.3 is 0 Å². The molecule has 1 unspecified atom stereocenters. The van der Waals surface area contributed by atoms with E-state index in [0.717, 1.165) is 28.3 Å². The SMILES string of the molecule is COc1ccc(CC(NC(=O)CCc2cnc[nH]2)C(=O)N2CC(c3ccccc3OC)C2)cc1. The van der Waals surface area contributed by atoms with E-state index in [4.69, 9.17) is 9.47 Å². The van der Waals surface area contributed by atoms with Crippen LogP contribution in [0.25, 0.3) is 0 Å². The molecule has 2 heterocycles. The number of aromatic nitrogens is 2. The van der Waals surface area contributed by atoms with Crippen molar-refractivity contribution in [3.8, 4) is 11.5 Å². The van der Waals surface area contributed by atoms with Crippen molar-refractivity contribution in [1.29, 1.82) is 0 Å². The van der Waals surface area contributed by atoms with Crippen LogP contribution in [0.2, 0.25) is 0 Å². The van der Waals surface area contributed by atoms with Gasteiger partial charge < -0.3 is 24.7 Å². The molecule has 2 aromatic carbocycles. The Morgan fingerprint density at radius 3 is 2.56 bits per heavy atom. The van der Waals surface area contributed by atoms with Gasteiger partial charge in [-0.15, -0.1) is 0 Å². The molecule has 4 rings (SSSR count). The molecule has 34 heavy (non-hydrogen) atoms. The molecule has 178 valence electrons. The highest BCUT2D eigenvalue weighted by atomic mass is 16.5.